The molecule has 0 spiro atoms. The Hall–Kier alpha value is -2.06. The van der Waals surface area contributed by atoms with E-state index in [-0.39, 0.29) is 15.7 Å². The van der Waals surface area contributed by atoms with Crippen LogP contribution in [0.2, 0.25) is 0 Å². The molecule has 0 fully saturated rings. The number of nitrogens with one attached hydrogen (secondary N) is 1. The summed E-state index contributed by atoms with van der Waals surface area (Å²) in [6.45, 7) is 1.06. The topological polar surface area (TPSA) is 89.5 Å². The highest BCUT2D eigenvalue weighted by molar-refractivity contribution is 7.91. The van der Waals surface area contributed by atoms with Crippen molar-refractivity contribution in [1.29, 1.82) is 0 Å². The van der Waals surface area contributed by atoms with Gasteiger partial charge in [0, 0.05) is 25.0 Å². The van der Waals surface area contributed by atoms with Gasteiger partial charge in [0.1, 0.15) is 5.75 Å². The molecule has 1 aliphatic rings. The molecule has 3 rings (SSSR count). The van der Waals surface area contributed by atoms with Gasteiger partial charge in [-0.1, -0.05) is 18.2 Å². The average Bonchev–Trinajstić information content (AvgIpc) is 2.58. The van der Waals surface area contributed by atoms with E-state index in [0.717, 1.165) is 30.2 Å². The lowest BCUT2D eigenvalue weighted by atomic mass is 9.97. The van der Waals surface area contributed by atoms with Crippen molar-refractivity contribution in [2.45, 2.75) is 16.2 Å². The molecule has 1 N–H and O–H groups in total. The minimum Gasteiger partial charge on any atom is -0.493 e. The highest BCUT2D eigenvalue weighted by Crippen LogP contribution is 2.29. The number of para-hydroxylation sites is 1. The summed E-state index contributed by atoms with van der Waals surface area (Å²) in [5.41, 5.74) is 1.53. The zero-order chi connectivity index (χ0) is 18.9. The Bertz CT molecular complexity index is 1030. The Morgan fingerprint density at radius 1 is 1.04 bits per heavy atom. The van der Waals surface area contributed by atoms with Gasteiger partial charge in [0.25, 0.3) is 0 Å². The lowest BCUT2D eigenvalue weighted by Gasteiger charge is -2.26. The number of hydrogen-bond acceptors (Lipinski definition) is 6. The summed E-state index contributed by atoms with van der Waals surface area (Å²) in [5, 5.41) is 3.15. The van der Waals surface area contributed by atoms with Crippen LogP contribution in [0.5, 0.6) is 5.75 Å². The Balaban J connectivity index is 1.80. The number of rotatable bonds is 5. The molecule has 0 radical (unpaired) electrons. The summed E-state index contributed by atoms with van der Waals surface area (Å²) in [6.07, 6.45) is 2.96. The first-order chi connectivity index (χ1) is 12.1. The summed E-state index contributed by atoms with van der Waals surface area (Å²) in [4.78, 5) is -0.0315. The first-order valence-electron chi connectivity index (χ1n) is 8.13. The number of hydrogen-bond donors (Lipinski definition) is 1. The molecule has 140 valence electrons. The second-order valence-electron chi connectivity index (χ2n) is 6.57. The maximum Gasteiger partial charge on any atom is 0.177 e. The highest BCUT2D eigenvalue weighted by Gasteiger charge is 2.22. The zero-order valence-corrected chi connectivity index (χ0v) is 16.2. The van der Waals surface area contributed by atoms with Gasteiger partial charge >= 0.3 is 0 Å². The van der Waals surface area contributed by atoms with Crippen LogP contribution >= 0.6 is 0 Å². The van der Waals surface area contributed by atoms with Crippen molar-refractivity contribution in [1.82, 2.24) is 0 Å². The van der Waals surface area contributed by atoms with E-state index in [9.17, 15) is 16.8 Å². The molecule has 6 nitrogen and oxygen atoms in total. The lowest BCUT2D eigenvalue weighted by molar-refractivity contribution is 0.229. The van der Waals surface area contributed by atoms with Gasteiger partial charge in [0.2, 0.25) is 0 Å². The quantitative estimate of drug-likeness (QED) is 0.834. The molecule has 0 bridgehead atoms. The Labute approximate surface area is 154 Å². The summed E-state index contributed by atoms with van der Waals surface area (Å²) in [6, 6.07) is 12.0. The minimum absolute atomic E-state index is 0.0154. The number of ether oxygens (including phenoxy) is 1. The predicted molar refractivity (Wildman–Crippen MR) is 100 cm³/mol. The van der Waals surface area contributed by atoms with E-state index >= 15 is 0 Å². The molecule has 0 saturated heterocycles. The molecular weight excluding hydrogens is 374 g/mol. The van der Waals surface area contributed by atoms with Gasteiger partial charge in [-0.3, -0.25) is 0 Å². The van der Waals surface area contributed by atoms with Crippen LogP contribution in [0.4, 0.5) is 5.69 Å². The molecule has 8 heteroatoms. The van der Waals surface area contributed by atoms with Gasteiger partial charge in [-0.05, 0) is 36.2 Å². The molecule has 0 amide bonds. The molecule has 0 aromatic heterocycles. The maximum absolute atomic E-state index is 12.1. The van der Waals surface area contributed by atoms with Crippen molar-refractivity contribution >= 4 is 25.4 Å². The van der Waals surface area contributed by atoms with Crippen LogP contribution in [-0.4, -0.2) is 42.5 Å². The smallest absolute Gasteiger partial charge is 0.177 e. The molecule has 2 aromatic rings. The van der Waals surface area contributed by atoms with E-state index in [2.05, 4.69) is 5.32 Å². The molecule has 0 unspecified atom stereocenters. The van der Waals surface area contributed by atoms with E-state index in [1.54, 1.807) is 0 Å². The standard InChI is InChI=1S/C18H21NO5S2/c1-25(20,21)15-7-8-16(18(10-15)26(2,22)23)19-11-13-9-14-5-3-4-6-17(14)24-12-13/h3-8,10,13,19H,9,11-12H2,1-2H3/t13-/m1/s1. The predicted octanol–water partition coefficient (Wildman–Crippen LogP) is 2.16. The molecule has 1 aliphatic heterocycles. The molecule has 26 heavy (non-hydrogen) atoms. The third-order valence-electron chi connectivity index (χ3n) is 4.32. The van der Waals surface area contributed by atoms with Crippen LogP contribution in [0.15, 0.2) is 52.3 Å². The van der Waals surface area contributed by atoms with E-state index in [1.165, 1.54) is 18.2 Å². The number of anilines is 1. The Morgan fingerprint density at radius 2 is 1.77 bits per heavy atom. The largest absolute Gasteiger partial charge is 0.493 e. The Kier molecular flexibility index (Phi) is 4.98. The molecule has 0 saturated carbocycles. The molecule has 1 heterocycles. The molecule has 1 atom stereocenters. The van der Waals surface area contributed by atoms with Gasteiger partial charge in [-0.2, -0.15) is 0 Å². The van der Waals surface area contributed by atoms with Crippen LogP contribution in [0.25, 0.3) is 0 Å². The third kappa shape index (κ3) is 4.19. The second kappa shape index (κ2) is 6.92. The van der Waals surface area contributed by atoms with Crippen LogP contribution in [0, 0.1) is 5.92 Å². The summed E-state index contributed by atoms with van der Waals surface area (Å²) in [7, 11) is -7.06. The summed E-state index contributed by atoms with van der Waals surface area (Å²) in [5.74, 6) is 1.07. The van der Waals surface area contributed by atoms with Crippen LogP contribution in [0.3, 0.4) is 0 Å². The fraction of sp³-hybridized carbons (Fsp3) is 0.333. The average molecular weight is 396 g/mol. The highest BCUT2D eigenvalue weighted by atomic mass is 32.2. The van der Waals surface area contributed by atoms with Crippen LogP contribution in [-0.2, 0) is 26.1 Å². The van der Waals surface area contributed by atoms with Crippen LogP contribution < -0.4 is 10.1 Å². The number of sulfone groups is 2. The van der Waals surface area contributed by atoms with E-state index in [1.807, 2.05) is 24.3 Å². The SMILES string of the molecule is CS(=O)(=O)c1ccc(NC[C@@H]2COc3ccccc3C2)c(S(C)(=O)=O)c1. The Morgan fingerprint density at radius 3 is 2.46 bits per heavy atom. The minimum atomic E-state index is -3.58. The fourth-order valence-electron chi connectivity index (χ4n) is 2.96. The summed E-state index contributed by atoms with van der Waals surface area (Å²) >= 11 is 0. The monoisotopic (exact) mass is 395 g/mol. The van der Waals surface area contributed by atoms with Crippen molar-refractivity contribution in [3.8, 4) is 5.75 Å². The van der Waals surface area contributed by atoms with E-state index < -0.39 is 19.7 Å². The molecular formula is C18H21NO5S2. The first kappa shape index (κ1) is 18.7. The van der Waals surface area contributed by atoms with E-state index in [4.69, 9.17) is 4.74 Å². The second-order valence-corrected chi connectivity index (χ2v) is 10.6. The maximum atomic E-state index is 12.1. The van der Waals surface area contributed by atoms with Crippen molar-refractivity contribution < 1.29 is 21.6 Å². The summed E-state index contributed by atoms with van der Waals surface area (Å²) < 4.78 is 53.4. The third-order valence-corrected chi connectivity index (χ3v) is 6.56. The van der Waals surface area contributed by atoms with Gasteiger partial charge in [-0.25, -0.2) is 16.8 Å². The van der Waals surface area contributed by atoms with Crippen LogP contribution in [0.1, 0.15) is 5.56 Å². The van der Waals surface area contributed by atoms with Crippen molar-refractivity contribution in [3.63, 3.8) is 0 Å². The number of benzene rings is 2. The van der Waals surface area contributed by atoms with Gasteiger partial charge in [0.05, 0.1) is 22.1 Å². The fourth-order valence-corrected chi connectivity index (χ4v) is 4.56. The lowest BCUT2D eigenvalue weighted by Crippen LogP contribution is -2.27. The normalized spacial score (nSPS) is 17.2. The molecule has 2 aromatic carbocycles. The molecule has 0 aliphatic carbocycles. The van der Waals surface area contributed by atoms with Gasteiger partial charge < -0.3 is 10.1 Å². The van der Waals surface area contributed by atoms with E-state index in [0.29, 0.717) is 18.8 Å². The van der Waals surface area contributed by atoms with Gasteiger partial charge in [0.15, 0.2) is 19.7 Å². The van der Waals surface area contributed by atoms with Crippen molar-refractivity contribution in [2.24, 2.45) is 5.92 Å². The number of fused-ring (bicyclic) bond motifs is 1. The zero-order valence-electron chi connectivity index (χ0n) is 14.6. The van der Waals surface area contributed by atoms with Crippen molar-refractivity contribution in [2.75, 3.05) is 31.0 Å². The first-order valence-corrected chi connectivity index (χ1v) is 11.9. The van der Waals surface area contributed by atoms with Gasteiger partial charge in [-0.15, -0.1) is 0 Å². The van der Waals surface area contributed by atoms with Crippen molar-refractivity contribution in [3.05, 3.63) is 48.0 Å².